The van der Waals surface area contributed by atoms with E-state index in [1.54, 1.807) is 31.4 Å². The molecule has 0 spiro atoms. The lowest BCUT2D eigenvalue weighted by Gasteiger charge is -2.08. The predicted octanol–water partition coefficient (Wildman–Crippen LogP) is 2.32. The summed E-state index contributed by atoms with van der Waals surface area (Å²) in [6.45, 7) is 4.94. The van der Waals surface area contributed by atoms with E-state index in [1.165, 1.54) is 0 Å². The summed E-state index contributed by atoms with van der Waals surface area (Å²) in [5, 5.41) is 0. The molecule has 0 saturated heterocycles. The van der Waals surface area contributed by atoms with Crippen molar-refractivity contribution in [2.75, 3.05) is 26.9 Å². The Bertz CT molecular complexity index is 357. The van der Waals surface area contributed by atoms with Crippen molar-refractivity contribution in [2.45, 2.75) is 20.0 Å². The Morgan fingerprint density at radius 3 is 2.39 bits per heavy atom. The molecule has 0 unspecified atom stereocenters. The van der Waals surface area contributed by atoms with E-state index < -0.39 is 0 Å². The average molecular weight is 252 g/mol. The predicted molar refractivity (Wildman–Crippen MR) is 69.2 cm³/mol. The fourth-order valence-corrected chi connectivity index (χ4v) is 1.37. The summed E-state index contributed by atoms with van der Waals surface area (Å²) in [5.74, 6) is 0.694. The molecule has 4 nitrogen and oxygen atoms in total. The summed E-state index contributed by atoms with van der Waals surface area (Å²) < 4.78 is 15.6. The third-order valence-corrected chi connectivity index (χ3v) is 2.32. The van der Waals surface area contributed by atoms with Crippen LogP contribution in [-0.4, -0.2) is 38.8 Å². The number of carbonyl (C=O) groups is 1. The molecule has 100 valence electrons. The average Bonchev–Trinajstić information content (AvgIpc) is 2.38. The first-order valence-corrected chi connectivity index (χ1v) is 6.00. The highest BCUT2D eigenvalue weighted by atomic mass is 16.5. The van der Waals surface area contributed by atoms with E-state index in [4.69, 9.17) is 14.2 Å². The van der Waals surface area contributed by atoms with Crippen molar-refractivity contribution in [1.82, 2.24) is 0 Å². The van der Waals surface area contributed by atoms with Gasteiger partial charge in [-0.2, -0.15) is 0 Å². The minimum absolute atomic E-state index is 0.0396. The van der Waals surface area contributed by atoms with Crippen LogP contribution in [0.4, 0.5) is 0 Å². The number of carbonyl (C=O) groups excluding carboxylic acids is 1. The lowest BCUT2D eigenvalue weighted by Crippen LogP contribution is -2.14. The van der Waals surface area contributed by atoms with Crippen LogP contribution in [0.3, 0.4) is 0 Å². The van der Waals surface area contributed by atoms with Gasteiger partial charge < -0.3 is 14.2 Å². The fourth-order valence-electron chi connectivity index (χ4n) is 1.37. The molecule has 1 aromatic rings. The van der Waals surface area contributed by atoms with E-state index in [2.05, 4.69) is 0 Å². The van der Waals surface area contributed by atoms with Crippen LogP contribution in [0.2, 0.25) is 0 Å². The summed E-state index contributed by atoms with van der Waals surface area (Å²) in [5.41, 5.74) is 0.626. The number of Topliss-reactive ketones (excluding diaryl/α,β-unsaturated/α-hetero) is 1. The zero-order valence-corrected chi connectivity index (χ0v) is 11.1. The molecule has 18 heavy (non-hydrogen) atoms. The zero-order chi connectivity index (χ0) is 13.4. The van der Waals surface area contributed by atoms with Crippen LogP contribution < -0.4 is 4.74 Å². The van der Waals surface area contributed by atoms with E-state index in [-0.39, 0.29) is 18.5 Å². The molecule has 0 amide bonds. The molecule has 0 aliphatic rings. The van der Waals surface area contributed by atoms with Crippen molar-refractivity contribution in [1.29, 1.82) is 0 Å². The van der Waals surface area contributed by atoms with Gasteiger partial charge in [0.25, 0.3) is 0 Å². The van der Waals surface area contributed by atoms with Crippen molar-refractivity contribution in [3.8, 4) is 5.75 Å². The normalized spacial score (nSPS) is 10.7. The van der Waals surface area contributed by atoms with Gasteiger partial charge in [-0.05, 0) is 38.1 Å². The zero-order valence-electron chi connectivity index (χ0n) is 11.1. The quantitative estimate of drug-likeness (QED) is 0.526. The van der Waals surface area contributed by atoms with Crippen LogP contribution in [0.25, 0.3) is 0 Å². The Morgan fingerprint density at radius 2 is 1.83 bits per heavy atom. The van der Waals surface area contributed by atoms with Crippen LogP contribution in [-0.2, 0) is 9.47 Å². The minimum Gasteiger partial charge on any atom is -0.497 e. The van der Waals surface area contributed by atoms with Gasteiger partial charge in [-0.3, -0.25) is 4.79 Å². The Labute approximate surface area is 108 Å². The van der Waals surface area contributed by atoms with Gasteiger partial charge in [-0.15, -0.1) is 0 Å². The summed E-state index contributed by atoms with van der Waals surface area (Å²) >= 11 is 0. The number of ketones is 1. The monoisotopic (exact) mass is 252 g/mol. The molecule has 0 fully saturated rings. The van der Waals surface area contributed by atoms with Crippen LogP contribution in [0, 0.1) is 0 Å². The number of rotatable bonds is 8. The second kappa shape index (κ2) is 7.84. The maximum atomic E-state index is 11.7. The minimum atomic E-state index is -0.0396. The van der Waals surface area contributed by atoms with Gasteiger partial charge in [-0.25, -0.2) is 0 Å². The number of methoxy groups -OCH3 is 1. The van der Waals surface area contributed by atoms with Gasteiger partial charge in [0.05, 0.1) is 26.4 Å². The summed E-state index contributed by atoms with van der Waals surface area (Å²) in [7, 11) is 1.59. The van der Waals surface area contributed by atoms with E-state index in [0.29, 0.717) is 18.8 Å². The Balaban J connectivity index is 2.27. The molecule has 0 saturated carbocycles. The summed E-state index contributed by atoms with van der Waals surface area (Å²) in [6.07, 6.45) is 0.186. The molecule has 0 aliphatic heterocycles. The maximum Gasteiger partial charge on any atom is 0.188 e. The maximum absolute atomic E-state index is 11.7. The van der Waals surface area contributed by atoms with Crippen molar-refractivity contribution < 1.29 is 19.0 Å². The van der Waals surface area contributed by atoms with Gasteiger partial charge in [0.1, 0.15) is 12.4 Å². The molecular formula is C14H20O4. The molecule has 1 aromatic carbocycles. The lowest BCUT2D eigenvalue weighted by atomic mass is 10.1. The highest BCUT2D eigenvalue weighted by Gasteiger charge is 2.06. The molecule has 0 atom stereocenters. The van der Waals surface area contributed by atoms with Gasteiger partial charge in [0, 0.05) is 5.56 Å². The summed E-state index contributed by atoms with van der Waals surface area (Å²) in [4.78, 5) is 11.7. The number of hydrogen-bond donors (Lipinski definition) is 0. The van der Waals surface area contributed by atoms with Crippen LogP contribution in [0.5, 0.6) is 5.75 Å². The van der Waals surface area contributed by atoms with E-state index in [1.807, 2.05) is 13.8 Å². The van der Waals surface area contributed by atoms with Crippen LogP contribution >= 0.6 is 0 Å². The molecule has 0 N–H and O–H groups in total. The van der Waals surface area contributed by atoms with Gasteiger partial charge in [0.15, 0.2) is 5.78 Å². The molecule has 0 aliphatic carbocycles. The number of benzene rings is 1. The lowest BCUT2D eigenvalue weighted by molar-refractivity contribution is 0.0208. The topological polar surface area (TPSA) is 44.8 Å². The van der Waals surface area contributed by atoms with Crippen molar-refractivity contribution >= 4 is 5.78 Å². The second-order valence-electron chi connectivity index (χ2n) is 4.12. The Kier molecular flexibility index (Phi) is 6.39. The fraction of sp³-hybridized carbons (Fsp3) is 0.500. The molecule has 4 heteroatoms. The van der Waals surface area contributed by atoms with Gasteiger partial charge in [-0.1, -0.05) is 0 Å². The molecule has 0 aromatic heterocycles. The first-order chi connectivity index (χ1) is 8.63. The first-order valence-electron chi connectivity index (χ1n) is 6.00. The molecule has 0 bridgehead atoms. The largest absolute Gasteiger partial charge is 0.497 e. The SMILES string of the molecule is COc1ccc(C(=O)COCCOC(C)C)cc1. The van der Waals surface area contributed by atoms with Crippen LogP contribution in [0.1, 0.15) is 24.2 Å². The first kappa shape index (κ1) is 14.7. The Hall–Kier alpha value is -1.39. The standard InChI is InChI=1S/C14H20O4/c1-11(2)18-9-8-17-10-14(15)12-4-6-13(16-3)7-5-12/h4-7,11H,8-10H2,1-3H3. The molecular weight excluding hydrogens is 232 g/mol. The molecule has 0 heterocycles. The smallest absolute Gasteiger partial charge is 0.188 e. The second-order valence-corrected chi connectivity index (χ2v) is 4.12. The molecule has 1 rings (SSSR count). The third kappa shape index (κ3) is 5.29. The molecule has 0 radical (unpaired) electrons. The van der Waals surface area contributed by atoms with Crippen molar-refractivity contribution in [3.63, 3.8) is 0 Å². The van der Waals surface area contributed by atoms with Gasteiger partial charge >= 0.3 is 0 Å². The van der Waals surface area contributed by atoms with Crippen molar-refractivity contribution in [3.05, 3.63) is 29.8 Å². The number of hydrogen-bond acceptors (Lipinski definition) is 4. The summed E-state index contributed by atoms with van der Waals surface area (Å²) in [6, 6.07) is 6.98. The third-order valence-electron chi connectivity index (χ3n) is 2.32. The van der Waals surface area contributed by atoms with Crippen molar-refractivity contribution in [2.24, 2.45) is 0 Å². The highest BCUT2D eigenvalue weighted by Crippen LogP contribution is 2.11. The van der Waals surface area contributed by atoms with Crippen LogP contribution in [0.15, 0.2) is 24.3 Å². The highest BCUT2D eigenvalue weighted by molar-refractivity contribution is 5.97. The van der Waals surface area contributed by atoms with E-state index in [0.717, 1.165) is 5.75 Å². The Morgan fingerprint density at radius 1 is 1.17 bits per heavy atom. The number of ether oxygens (including phenoxy) is 3. The van der Waals surface area contributed by atoms with Gasteiger partial charge in [0.2, 0.25) is 0 Å². The van der Waals surface area contributed by atoms with E-state index in [9.17, 15) is 4.79 Å². The van der Waals surface area contributed by atoms with E-state index >= 15 is 0 Å².